The molecule has 2 heterocycles. The van der Waals surface area contributed by atoms with Crippen LogP contribution in [0.25, 0.3) is 0 Å². The molecule has 21 heavy (non-hydrogen) atoms. The van der Waals surface area contributed by atoms with Gasteiger partial charge in [0.25, 0.3) is 5.95 Å². The molecule has 0 atom stereocenters. The Morgan fingerprint density at radius 2 is 2.14 bits per heavy atom. The van der Waals surface area contributed by atoms with E-state index >= 15 is 0 Å². The molecule has 2 N–H and O–H groups in total. The van der Waals surface area contributed by atoms with Crippen molar-refractivity contribution in [1.29, 1.82) is 0 Å². The van der Waals surface area contributed by atoms with Gasteiger partial charge in [0, 0.05) is 18.8 Å². The summed E-state index contributed by atoms with van der Waals surface area (Å²) in [6, 6.07) is 0. The lowest BCUT2D eigenvalue weighted by Gasteiger charge is -2.29. The van der Waals surface area contributed by atoms with Gasteiger partial charge in [0.1, 0.15) is 0 Å². The van der Waals surface area contributed by atoms with E-state index in [1.54, 1.807) is 7.05 Å². The highest BCUT2D eigenvalue weighted by Crippen LogP contribution is 2.25. The van der Waals surface area contributed by atoms with E-state index in [-0.39, 0.29) is 0 Å². The molecule has 0 bridgehead atoms. The molecule has 0 unspecified atom stereocenters. The van der Waals surface area contributed by atoms with Gasteiger partial charge in [-0.2, -0.15) is 4.80 Å². The van der Waals surface area contributed by atoms with Gasteiger partial charge in [0.05, 0.1) is 7.05 Å². The zero-order valence-corrected chi connectivity index (χ0v) is 12.9. The summed E-state index contributed by atoms with van der Waals surface area (Å²) in [6.45, 7) is 9.86. The third-order valence-corrected chi connectivity index (χ3v) is 3.60. The van der Waals surface area contributed by atoms with Gasteiger partial charge in [-0.15, -0.1) is 5.10 Å². The van der Waals surface area contributed by atoms with E-state index in [0.717, 1.165) is 30.8 Å². The van der Waals surface area contributed by atoms with Crippen LogP contribution < -0.4 is 10.6 Å². The minimum absolute atomic E-state index is 0.659. The molecule has 6 heteroatoms. The first kappa shape index (κ1) is 15.0. The first-order valence-corrected chi connectivity index (χ1v) is 6.98. The van der Waals surface area contributed by atoms with Crippen molar-refractivity contribution < 1.29 is 0 Å². The largest absolute Gasteiger partial charge is 0.399 e. The number of allylic oxidation sites excluding steroid dienone is 3. The molecule has 0 radical (unpaired) electrons. The van der Waals surface area contributed by atoms with Gasteiger partial charge in [-0.3, -0.25) is 0 Å². The Labute approximate surface area is 125 Å². The zero-order valence-electron chi connectivity index (χ0n) is 12.9. The van der Waals surface area contributed by atoms with E-state index in [1.165, 1.54) is 15.9 Å². The van der Waals surface area contributed by atoms with Crippen LogP contribution in [0.15, 0.2) is 47.2 Å². The van der Waals surface area contributed by atoms with Gasteiger partial charge >= 0.3 is 0 Å². The molecule has 1 aromatic rings. The van der Waals surface area contributed by atoms with Crippen LogP contribution in [0.3, 0.4) is 0 Å². The van der Waals surface area contributed by atoms with E-state index in [1.807, 2.05) is 25.2 Å². The topological polar surface area (TPSA) is 72.9 Å². The fraction of sp³-hybridized carbons (Fsp3) is 0.400. The molecule has 0 fully saturated rings. The average Bonchev–Trinajstić information content (AvgIpc) is 2.91. The lowest BCUT2D eigenvalue weighted by molar-refractivity contribution is 0.628. The third-order valence-electron chi connectivity index (χ3n) is 3.60. The summed E-state index contributed by atoms with van der Waals surface area (Å²) in [5, 5.41) is 12.2. The molecule has 0 aliphatic carbocycles. The summed E-state index contributed by atoms with van der Waals surface area (Å²) in [5.41, 5.74) is 10.1. The van der Waals surface area contributed by atoms with Crippen molar-refractivity contribution in [3.05, 3.63) is 47.2 Å². The summed E-state index contributed by atoms with van der Waals surface area (Å²) >= 11 is 0. The predicted octanol–water partition coefficient (Wildman–Crippen LogP) is 1.71. The number of nitrogens with zero attached hydrogens (tertiary/aromatic N) is 5. The summed E-state index contributed by atoms with van der Waals surface area (Å²) < 4.78 is 0. The smallest absolute Gasteiger partial charge is 0.266 e. The fourth-order valence-electron chi connectivity index (χ4n) is 2.20. The second-order valence-corrected chi connectivity index (χ2v) is 5.16. The highest BCUT2D eigenvalue weighted by molar-refractivity contribution is 5.48. The highest BCUT2D eigenvalue weighted by atomic mass is 15.6. The Bertz CT molecular complexity index is 620. The monoisotopic (exact) mass is 286 g/mol. The van der Waals surface area contributed by atoms with Crippen molar-refractivity contribution in [3.8, 4) is 0 Å². The summed E-state index contributed by atoms with van der Waals surface area (Å²) in [6.07, 6.45) is 6.67. The van der Waals surface area contributed by atoms with Gasteiger partial charge in [0.2, 0.25) is 0 Å². The molecule has 1 aliphatic heterocycles. The number of tetrazole rings is 1. The molecular formula is C15H22N6. The number of aryl methyl sites for hydroxylation is 1. The maximum Gasteiger partial charge on any atom is 0.266 e. The summed E-state index contributed by atoms with van der Waals surface area (Å²) in [4.78, 5) is 3.59. The van der Waals surface area contributed by atoms with Crippen molar-refractivity contribution in [2.24, 2.45) is 12.8 Å². The van der Waals surface area contributed by atoms with Crippen LogP contribution >= 0.6 is 0 Å². The number of hydrogen-bond donors (Lipinski definition) is 1. The maximum absolute atomic E-state index is 5.78. The minimum atomic E-state index is 0.659. The normalized spacial score (nSPS) is 16.9. The molecule has 0 aromatic carbocycles. The second-order valence-electron chi connectivity index (χ2n) is 5.16. The fourth-order valence-corrected chi connectivity index (χ4v) is 2.20. The van der Waals surface area contributed by atoms with Crippen LogP contribution in [0.4, 0.5) is 5.95 Å². The van der Waals surface area contributed by atoms with Gasteiger partial charge < -0.3 is 10.6 Å². The van der Waals surface area contributed by atoms with E-state index in [9.17, 15) is 0 Å². The Morgan fingerprint density at radius 3 is 2.76 bits per heavy atom. The number of anilines is 1. The third kappa shape index (κ3) is 3.59. The Kier molecular flexibility index (Phi) is 4.57. The molecule has 0 spiro atoms. The summed E-state index contributed by atoms with van der Waals surface area (Å²) in [5.74, 6) is 0.659. The van der Waals surface area contributed by atoms with E-state index < -0.39 is 0 Å². The van der Waals surface area contributed by atoms with E-state index in [4.69, 9.17) is 5.73 Å². The molecule has 0 saturated heterocycles. The molecule has 2 rings (SSSR count). The van der Waals surface area contributed by atoms with Crippen molar-refractivity contribution in [3.63, 3.8) is 0 Å². The predicted molar refractivity (Wildman–Crippen MR) is 84.6 cm³/mol. The second kappa shape index (κ2) is 6.39. The first-order valence-electron chi connectivity index (χ1n) is 6.98. The van der Waals surface area contributed by atoms with E-state index in [2.05, 4.69) is 33.8 Å². The zero-order chi connectivity index (χ0) is 15.4. The number of rotatable bonds is 4. The standard InChI is InChI=1S/C15H22N6/c1-5-13(16)7-6-11(2)14-10-21(9-8-12(14)3)15-17-19-20(4)18-15/h5-7H,2,8-10,16H2,1,3-4H3/b7-6-,13-5+. The molecule has 1 aliphatic rings. The maximum atomic E-state index is 5.78. The van der Waals surface area contributed by atoms with Gasteiger partial charge in [0.15, 0.2) is 0 Å². The quantitative estimate of drug-likeness (QED) is 0.853. The number of nitrogens with two attached hydrogens (primary N) is 1. The summed E-state index contributed by atoms with van der Waals surface area (Å²) in [7, 11) is 1.77. The van der Waals surface area contributed by atoms with Crippen molar-refractivity contribution in [2.45, 2.75) is 20.3 Å². The Morgan fingerprint density at radius 1 is 1.38 bits per heavy atom. The van der Waals surface area contributed by atoms with Gasteiger partial charge in [-0.1, -0.05) is 29.4 Å². The van der Waals surface area contributed by atoms with Gasteiger partial charge in [-0.05, 0) is 42.7 Å². The molecule has 112 valence electrons. The highest BCUT2D eigenvalue weighted by Gasteiger charge is 2.20. The number of hydrogen-bond acceptors (Lipinski definition) is 5. The van der Waals surface area contributed by atoms with Crippen molar-refractivity contribution in [2.75, 3.05) is 18.0 Å². The molecule has 6 nitrogen and oxygen atoms in total. The average molecular weight is 286 g/mol. The SMILES string of the molecule is C=C(/C=C\C(N)=C/C)C1=C(C)CCN(c2nnn(C)n2)C1. The van der Waals surface area contributed by atoms with Crippen molar-refractivity contribution >= 4 is 5.95 Å². The van der Waals surface area contributed by atoms with Crippen LogP contribution in [-0.4, -0.2) is 33.3 Å². The van der Waals surface area contributed by atoms with Crippen LogP contribution in [-0.2, 0) is 7.05 Å². The van der Waals surface area contributed by atoms with Crippen LogP contribution in [0, 0.1) is 0 Å². The molecule has 1 aromatic heterocycles. The lowest BCUT2D eigenvalue weighted by Crippen LogP contribution is -2.32. The van der Waals surface area contributed by atoms with E-state index in [0.29, 0.717) is 5.95 Å². The molecule has 0 amide bonds. The molecule has 0 saturated carbocycles. The minimum Gasteiger partial charge on any atom is -0.399 e. The number of aromatic nitrogens is 4. The van der Waals surface area contributed by atoms with Crippen LogP contribution in [0.1, 0.15) is 20.3 Å². The van der Waals surface area contributed by atoms with Crippen LogP contribution in [0.5, 0.6) is 0 Å². The first-order chi connectivity index (χ1) is 10.0. The Balaban J connectivity index is 2.15. The molecular weight excluding hydrogens is 264 g/mol. The Hall–Kier alpha value is -2.37. The van der Waals surface area contributed by atoms with Crippen LogP contribution in [0.2, 0.25) is 0 Å². The lowest BCUT2D eigenvalue weighted by atomic mass is 9.95. The van der Waals surface area contributed by atoms with Crippen molar-refractivity contribution in [1.82, 2.24) is 20.2 Å². The van der Waals surface area contributed by atoms with Gasteiger partial charge in [-0.25, -0.2) is 0 Å².